The molecule has 1 amide bonds. The van der Waals surface area contributed by atoms with Gasteiger partial charge in [0.1, 0.15) is 18.1 Å². The van der Waals surface area contributed by atoms with Crippen LogP contribution in [-0.4, -0.2) is 35.7 Å². The molecule has 1 aliphatic rings. The normalized spacial score (nSPS) is 14.8. The van der Waals surface area contributed by atoms with E-state index in [9.17, 15) is 4.79 Å². The van der Waals surface area contributed by atoms with E-state index in [1.54, 1.807) is 11.0 Å². The molecule has 170 valence electrons. The molecule has 7 heteroatoms. The van der Waals surface area contributed by atoms with Crippen LogP contribution in [0.4, 0.5) is 0 Å². The van der Waals surface area contributed by atoms with Gasteiger partial charge in [-0.2, -0.15) is 0 Å². The lowest BCUT2D eigenvalue weighted by Gasteiger charge is -2.15. The monoisotopic (exact) mass is 454 g/mol. The van der Waals surface area contributed by atoms with E-state index in [0.29, 0.717) is 43.1 Å². The summed E-state index contributed by atoms with van der Waals surface area (Å²) in [6.07, 6.45) is 1.81. The number of rotatable bonds is 10. The molecule has 6 nitrogen and oxygen atoms in total. The van der Waals surface area contributed by atoms with Crippen molar-refractivity contribution in [1.82, 2.24) is 10.2 Å². The molecule has 0 atom stereocenters. The third-order valence-electron chi connectivity index (χ3n) is 4.71. The molecule has 0 spiro atoms. The van der Waals surface area contributed by atoms with Gasteiger partial charge in [0.25, 0.3) is 5.91 Å². The standard InChI is InChI=1S/C25H30N2O4S/c1-5-29-22-12-9-19(14-23(22)30-6-2)16-31-20-10-7-18(8-11-20)13-21-24(28)27(15-17(3)4)25(32)26-21/h7-14,17H,5-6,15-16H2,1-4H3,(H,26,32)/b21-13+. The Balaban J connectivity index is 1.63. The topological polar surface area (TPSA) is 60.0 Å². The summed E-state index contributed by atoms with van der Waals surface area (Å²) >= 11 is 5.30. The Morgan fingerprint density at radius 2 is 1.69 bits per heavy atom. The number of benzene rings is 2. The predicted molar refractivity (Wildman–Crippen MR) is 130 cm³/mol. The molecule has 0 unspecified atom stereocenters. The van der Waals surface area contributed by atoms with Crippen LogP contribution >= 0.6 is 12.2 Å². The van der Waals surface area contributed by atoms with Gasteiger partial charge < -0.3 is 19.5 Å². The van der Waals surface area contributed by atoms with E-state index in [4.69, 9.17) is 26.4 Å². The Kier molecular flexibility index (Phi) is 8.11. The first kappa shape index (κ1) is 23.6. The van der Waals surface area contributed by atoms with Gasteiger partial charge in [-0.1, -0.05) is 32.0 Å². The highest BCUT2D eigenvalue weighted by molar-refractivity contribution is 7.80. The fourth-order valence-corrected chi connectivity index (χ4v) is 3.55. The van der Waals surface area contributed by atoms with E-state index in [1.807, 2.05) is 56.3 Å². The van der Waals surface area contributed by atoms with Crippen molar-refractivity contribution in [2.24, 2.45) is 5.92 Å². The summed E-state index contributed by atoms with van der Waals surface area (Å²) in [5.74, 6) is 2.44. The van der Waals surface area contributed by atoms with Gasteiger partial charge in [0, 0.05) is 6.54 Å². The Hall–Kier alpha value is -3.06. The molecular formula is C25H30N2O4S. The number of amides is 1. The van der Waals surface area contributed by atoms with Crippen molar-refractivity contribution in [3.8, 4) is 17.2 Å². The fraction of sp³-hybridized carbons (Fsp3) is 0.360. The van der Waals surface area contributed by atoms with Gasteiger partial charge in [0.15, 0.2) is 16.6 Å². The first-order valence-electron chi connectivity index (χ1n) is 10.9. The summed E-state index contributed by atoms with van der Waals surface area (Å²) in [5, 5.41) is 3.47. The molecule has 3 rings (SSSR count). The molecule has 2 aromatic rings. The van der Waals surface area contributed by atoms with E-state index in [0.717, 1.165) is 28.4 Å². The maximum Gasteiger partial charge on any atom is 0.276 e. The minimum absolute atomic E-state index is 0.0929. The fourth-order valence-electron chi connectivity index (χ4n) is 3.28. The van der Waals surface area contributed by atoms with Crippen LogP contribution in [0.1, 0.15) is 38.8 Å². The molecule has 32 heavy (non-hydrogen) atoms. The van der Waals surface area contributed by atoms with Crippen LogP contribution in [0.3, 0.4) is 0 Å². The van der Waals surface area contributed by atoms with Crippen molar-refractivity contribution in [2.45, 2.75) is 34.3 Å². The lowest BCUT2D eigenvalue weighted by atomic mass is 10.1. The molecule has 1 heterocycles. The van der Waals surface area contributed by atoms with Crippen LogP contribution in [0, 0.1) is 5.92 Å². The van der Waals surface area contributed by atoms with Crippen molar-refractivity contribution in [2.75, 3.05) is 19.8 Å². The lowest BCUT2D eigenvalue weighted by molar-refractivity contribution is -0.122. The summed E-state index contributed by atoms with van der Waals surface area (Å²) in [6.45, 7) is 10.2. The van der Waals surface area contributed by atoms with Crippen LogP contribution in [0.5, 0.6) is 17.2 Å². The summed E-state index contributed by atoms with van der Waals surface area (Å²) < 4.78 is 17.2. The maximum atomic E-state index is 12.6. The van der Waals surface area contributed by atoms with Gasteiger partial charge in [-0.15, -0.1) is 0 Å². The first-order chi connectivity index (χ1) is 15.4. The predicted octanol–water partition coefficient (Wildman–Crippen LogP) is 4.78. The number of hydrogen-bond donors (Lipinski definition) is 1. The molecule has 2 aromatic carbocycles. The van der Waals surface area contributed by atoms with Crippen molar-refractivity contribution in [3.05, 3.63) is 59.3 Å². The van der Waals surface area contributed by atoms with Crippen molar-refractivity contribution >= 4 is 29.3 Å². The van der Waals surface area contributed by atoms with E-state index in [1.165, 1.54) is 0 Å². The molecule has 1 saturated heterocycles. The molecule has 1 aliphatic heterocycles. The van der Waals surface area contributed by atoms with Gasteiger partial charge in [0.05, 0.1) is 13.2 Å². The largest absolute Gasteiger partial charge is 0.490 e. The minimum atomic E-state index is -0.0929. The molecule has 0 aliphatic carbocycles. The molecule has 0 bridgehead atoms. The van der Waals surface area contributed by atoms with Gasteiger partial charge >= 0.3 is 0 Å². The summed E-state index contributed by atoms with van der Waals surface area (Å²) in [6, 6.07) is 13.4. The zero-order valence-electron chi connectivity index (χ0n) is 19.0. The average Bonchev–Trinajstić information content (AvgIpc) is 3.02. The number of hydrogen-bond acceptors (Lipinski definition) is 5. The Morgan fingerprint density at radius 1 is 1.00 bits per heavy atom. The first-order valence-corrected chi connectivity index (χ1v) is 11.3. The van der Waals surface area contributed by atoms with Crippen molar-refractivity contribution in [1.29, 1.82) is 0 Å². The lowest BCUT2D eigenvalue weighted by Crippen LogP contribution is -2.33. The number of thiocarbonyl (C=S) groups is 1. The van der Waals surface area contributed by atoms with Crippen molar-refractivity contribution < 1.29 is 19.0 Å². The van der Waals surface area contributed by atoms with E-state index < -0.39 is 0 Å². The summed E-state index contributed by atoms with van der Waals surface area (Å²) in [5.41, 5.74) is 2.37. The van der Waals surface area contributed by atoms with Crippen LogP contribution < -0.4 is 19.5 Å². The third-order valence-corrected chi connectivity index (χ3v) is 5.04. The summed E-state index contributed by atoms with van der Waals surface area (Å²) in [4.78, 5) is 14.2. The van der Waals surface area contributed by atoms with Crippen LogP contribution in [0.15, 0.2) is 48.2 Å². The smallest absolute Gasteiger partial charge is 0.276 e. The quantitative estimate of drug-likeness (QED) is 0.412. The molecule has 1 N–H and O–H groups in total. The Labute approximate surface area is 195 Å². The van der Waals surface area contributed by atoms with Gasteiger partial charge in [-0.3, -0.25) is 9.69 Å². The zero-order valence-corrected chi connectivity index (χ0v) is 19.8. The van der Waals surface area contributed by atoms with E-state index in [2.05, 4.69) is 19.2 Å². The van der Waals surface area contributed by atoms with E-state index in [-0.39, 0.29) is 5.91 Å². The highest BCUT2D eigenvalue weighted by Crippen LogP contribution is 2.29. The summed E-state index contributed by atoms with van der Waals surface area (Å²) in [7, 11) is 0. The molecule has 0 saturated carbocycles. The zero-order chi connectivity index (χ0) is 23.1. The van der Waals surface area contributed by atoms with E-state index >= 15 is 0 Å². The van der Waals surface area contributed by atoms with Gasteiger partial charge in [0.2, 0.25) is 0 Å². The highest BCUT2D eigenvalue weighted by Gasteiger charge is 2.30. The number of carbonyl (C=O) groups excluding carboxylic acids is 1. The second-order valence-electron chi connectivity index (χ2n) is 7.80. The van der Waals surface area contributed by atoms with Gasteiger partial charge in [-0.05, 0) is 73.5 Å². The Bertz CT molecular complexity index is 986. The third kappa shape index (κ3) is 6.01. The SMILES string of the molecule is CCOc1ccc(COc2ccc(/C=C3/NC(=S)N(CC(C)C)C3=O)cc2)cc1OCC. The molecular weight excluding hydrogens is 424 g/mol. The highest BCUT2D eigenvalue weighted by atomic mass is 32.1. The van der Waals surface area contributed by atoms with Crippen LogP contribution in [-0.2, 0) is 11.4 Å². The number of nitrogens with zero attached hydrogens (tertiary/aromatic N) is 1. The Morgan fingerprint density at radius 3 is 2.34 bits per heavy atom. The number of nitrogens with one attached hydrogen (secondary N) is 1. The van der Waals surface area contributed by atoms with Gasteiger partial charge in [-0.25, -0.2) is 0 Å². The molecule has 0 aromatic heterocycles. The number of ether oxygens (including phenoxy) is 3. The second kappa shape index (κ2) is 11.0. The second-order valence-corrected chi connectivity index (χ2v) is 8.19. The average molecular weight is 455 g/mol. The van der Waals surface area contributed by atoms with Crippen LogP contribution in [0.25, 0.3) is 6.08 Å². The molecule has 1 fully saturated rings. The maximum absolute atomic E-state index is 12.6. The number of carbonyl (C=O) groups is 1. The van der Waals surface area contributed by atoms with Crippen molar-refractivity contribution in [3.63, 3.8) is 0 Å². The van der Waals surface area contributed by atoms with Crippen LogP contribution in [0.2, 0.25) is 0 Å². The minimum Gasteiger partial charge on any atom is -0.490 e. The molecule has 0 radical (unpaired) electrons.